The molecule has 0 unspecified atom stereocenters. The van der Waals surface area contributed by atoms with Crippen LogP contribution in [0, 0.1) is 0 Å². The molecule has 248 valence electrons. The van der Waals surface area contributed by atoms with Crippen molar-refractivity contribution in [3.8, 4) is 0 Å². The van der Waals surface area contributed by atoms with Gasteiger partial charge in [-0.3, -0.25) is 4.79 Å². The first kappa shape index (κ1) is 32.5. The van der Waals surface area contributed by atoms with Crippen molar-refractivity contribution in [2.24, 2.45) is 0 Å². The number of carbonyl (C=O) groups excluding carboxylic acids is 1. The summed E-state index contributed by atoms with van der Waals surface area (Å²) < 4.78 is 37.4. The highest BCUT2D eigenvalue weighted by molar-refractivity contribution is 5.84. The lowest BCUT2D eigenvalue weighted by atomic mass is 10.0. The van der Waals surface area contributed by atoms with Gasteiger partial charge in [-0.25, -0.2) is 0 Å². The molecule has 0 amide bonds. The Labute approximate surface area is 285 Å². The maximum absolute atomic E-state index is 11.9. The highest BCUT2D eigenvalue weighted by Crippen LogP contribution is 2.34. The molecule has 0 bridgehead atoms. The molecule has 0 radical (unpaired) electrons. The molecule has 49 heavy (non-hydrogen) atoms. The minimum absolute atomic E-state index is 0.251. The van der Waals surface area contributed by atoms with Crippen LogP contribution in [0.25, 0.3) is 32.3 Å². The number of carbonyl (C=O) groups is 1. The summed E-state index contributed by atoms with van der Waals surface area (Å²) in [5, 5.41) is 6.80. The standard InChI is InChI=1S/C42H38O7/c1-28(43)45-27-38-39(46-24-29-15-18-32-9-3-6-12-35(32)21-29)40(47-25-30-16-19-33-10-4-7-13-36(33)22-30)41(42(44-2)49-38)48-26-31-17-20-34-11-5-8-14-37(34)23-31/h3-23,27,39-42H,24-26H2,1-2H3/b38-27+/t39-,40+,41-,42+/m1/s1. The number of benzene rings is 6. The Morgan fingerprint density at radius 1 is 0.592 bits per heavy atom. The summed E-state index contributed by atoms with van der Waals surface area (Å²) >= 11 is 0. The number of hydrogen-bond acceptors (Lipinski definition) is 7. The summed E-state index contributed by atoms with van der Waals surface area (Å²) in [5.41, 5.74) is 2.96. The molecule has 7 nitrogen and oxygen atoms in total. The van der Waals surface area contributed by atoms with E-state index in [-0.39, 0.29) is 25.6 Å². The predicted octanol–water partition coefficient (Wildman–Crippen LogP) is 8.61. The molecule has 0 aromatic heterocycles. The van der Waals surface area contributed by atoms with Crippen LogP contribution in [0.4, 0.5) is 0 Å². The molecule has 7 heteroatoms. The summed E-state index contributed by atoms with van der Waals surface area (Å²) in [6, 6.07) is 43.3. The van der Waals surface area contributed by atoms with Crippen LogP contribution in [0.3, 0.4) is 0 Å². The summed E-state index contributed by atoms with van der Waals surface area (Å²) in [6.45, 7) is 2.15. The fourth-order valence-corrected chi connectivity index (χ4v) is 6.26. The topological polar surface area (TPSA) is 72.5 Å². The first-order chi connectivity index (χ1) is 24.0. The van der Waals surface area contributed by atoms with Gasteiger partial charge in [0.1, 0.15) is 24.6 Å². The molecular weight excluding hydrogens is 616 g/mol. The molecule has 1 aliphatic rings. The molecule has 1 aliphatic heterocycles. The maximum Gasteiger partial charge on any atom is 0.307 e. The zero-order chi connectivity index (χ0) is 33.6. The Morgan fingerprint density at radius 3 is 1.47 bits per heavy atom. The maximum atomic E-state index is 11.9. The van der Waals surface area contributed by atoms with Crippen LogP contribution in [-0.4, -0.2) is 37.7 Å². The first-order valence-electron chi connectivity index (χ1n) is 16.4. The molecule has 0 spiro atoms. The van der Waals surface area contributed by atoms with Gasteiger partial charge >= 0.3 is 5.97 Å². The molecule has 7 rings (SSSR count). The second-order valence-electron chi connectivity index (χ2n) is 12.2. The number of esters is 1. The minimum Gasteiger partial charge on any atom is -0.460 e. The van der Waals surface area contributed by atoms with Crippen molar-refractivity contribution >= 4 is 38.3 Å². The third-order valence-electron chi connectivity index (χ3n) is 8.75. The highest BCUT2D eigenvalue weighted by atomic mass is 16.7. The normalized spacial score (nSPS) is 20.1. The van der Waals surface area contributed by atoms with Gasteiger partial charge in [0.25, 0.3) is 0 Å². The van der Waals surface area contributed by atoms with E-state index >= 15 is 0 Å². The molecule has 6 aromatic carbocycles. The summed E-state index contributed by atoms with van der Waals surface area (Å²) in [7, 11) is 1.55. The fourth-order valence-electron chi connectivity index (χ4n) is 6.26. The van der Waals surface area contributed by atoms with E-state index in [9.17, 15) is 4.79 Å². The molecule has 0 aliphatic carbocycles. The Kier molecular flexibility index (Phi) is 9.96. The second kappa shape index (κ2) is 15.0. The fraction of sp³-hybridized carbons (Fsp3) is 0.214. The van der Waals surface area contributed by atoms with Crippen LogP contribution < -0.4 is 0 Å². The number of methoxy groups -OCH3 is 1. The number of hydrogen-bond donors (Lipinski definition) is 0. The molecule has 1 heterocycles. The summed E-state index contributed by atoms with van der Waals surface area (Å²) in [6.07, 6.45) is -1.78. The number of ether oxygens (including phenoxy) is 6. The number of rotatable bonds is 11. The van der Waals surface area contributed by atoms with Crippen LogP contribution in [0.2, 0.25) is 0 Å². The number of fused-ring (bicyclic) bond motifs is 3. The monoisotopic (exact) mass is 654 g/mol. The van der Waals surface area contributed by atoms with Crippen LogP contribution in [0.15, 0.2) is 139 Å². The van der Waals surface area contributed by atoms with E-state index in [1.807, 2.05) is 42.5 Å². The SMILES string of the molecule is CO[C@H]1O/C(=C/OC(C)=O)[C@@H](OCc2ccc3ccccc3c2)[C@H](OCc2ccc3ccccc3c2)[C@H]1OCc1ccc2ccccc2c1. The van der Waals surface area contributed by atoms with Gasteiger partial charge in [0.05, 0.1) is 19.8 Å². The van der Waals surface area contributed by atoms with Gasteiger partial charge in [-0.05, 0) is 67.2 Å². The minimum atomic E-state index is -0.871. The highest BCUT2D eigenvalue weighted by Gasteiger charge is 2.47. The van der Waals surface area contributed by atoms with Gasteiger partial charge in [0, 0.05) is 14.0 Å². The molecule has 6 aromatic rings. The van der Waals surface area contributed by atoms with Crippen molar-refractivity contribution < 1.29 is 33.2 Å². The Hall–Kier alpha value is -5.05. The van der Waals surface area contributed by atoms with Crippen LogP contribution in [0.1, 0.15) is 23.6 Å². The molecular formula is C42H38O7. The van der Waals surface area contributed by atoms with Crippen molar-refractivity contribution in [2.45, 2.75) is 51.3 Å². The molecule has 4 atom stereocenters. The molecule has 1 fully saturated rings. The van der Waals surface area contributed by atoms with Gasteiger partial charge in [0.15, 0.2) is 5.76 Å². The second-order valence-corrected chi connectivity index (χ2v) is 12.2. The molecule has 0 saturated carbocycles. The van der Waals surface area contributed by atoms with Gasteiger partial charge < -0.3 is 28.4 Å². The van der Waals surface area contributed by atoms with E-state index in [1.54, 1.807) is 7.11 Å². The van der Waals surface area contributed by atoms with Crippen molar-refractivity contribution in [3.05, 3.63) is 156 Å². The van der Waals surface area contributed by atoms with Crippen LogP contribution in [-0.2, 0) is 53.0 Å². The Morgan fingerprint density at radius 2 is 1.02 bits per heavy atom. The van der Waals surface area contributed by atoms with E-state index in [2.05, 4.69) is 84.9 Å². The zero-order valence-electron chi connectivity index (χ0n) is 27.5. The van der Waals surface area contributed by atoms with Gasteiger partial charge in [-0.1, -0.05) is 109 Å². The van der Waals surface area contributed by atoms with Crippen molar-refractivity contribution in [3.63, 3.8) is 0 Å². The van der Waals surface area contributed by atoms with Gasteiger partial charge in [-0.15, -0.1) is 0 Å². The third-order valence-corrected chi connectivity index (χ3v) is 8.75. The lowest BCUT2D eigenvalue weighted by Crippen LogP contribution is -2.55. The van der Waals surface area contributed by atoms with E-state index in [0.717, 1.165) is 49.0 Å². The average Bonchev–Trinajstić information content (AvgIpc) is 3.14. The van der Waals surface area contributed by atoms with Crippen molar-refractivity contribution in [2.75, 3.05) is 7.11 Å². The predicted molar refractivity (Wildman–Crippen MR) is 189 cm³/mol. The van der Waals surface area contributed by atoms with Gasteiger partial charge in [-0.2, -0.15) is 0 Å². The van der Waals surface area contributed by atoms with Gasteiger partial charge in [0.2, 0.25) is 6.29 Å². The zero-order valence-corrected chi connectivity index (χ0v) is 27.5. The Bertz CT molecular complexity index is 2100. The Balaban J connectivity index is 1.21. The smallest absolute Gasteiger partial charge is 0.307 e. The first-order valence-corrected chi connectivity index (χ1v) is 16.4. The van der Waals surface area contributed by atoms with Crippen molar-refractivity contribution in [1.82, 2.24) is 0 Å². The summed E-state index contributed by atoms with van der Waals surface area (Å²) in [5.74, 6) is -0.210. The average molecular weight is 655 g/mol. The van der Waals surface area contributed by atoms with E-state index in [4.69, 9.17) is 28.4 Å². The van der Waals surface area contributed by atoms with Crippen LogP contribution >= 0.6 is 0 Å². The lowest BCUT2D eigenvalue weighted by molar-refractivity contribution is -0.271. The molecule has 1 saturated heterocycles. The van der Waals surface area contributed by atoms with Crippen LogP contribution in [0.5, 0.6) is 0 Å². The quantitative estimate of drug-likeness (QED) is 0.102. The van der Waals surface area contributed by atoms with E-state index in [1.165, 1.54) is 13.2 Å². The summed E-state index contributed by atoms with van der Waals surface area (Å²) in [4.78, 5) is 11.9. The lowest BCUT2D eigenvalue weighted by Gasteiger charge is -2.42. The van der Waals surface area contributed by atoms with E-state index < -0.39 is 30.6 Å². The largest absolute Gasteiger partial charge is 0.460 e. The third kappa shape index (κ3) is 7.66. The molecule has 0 N–H and O–H groups in total. The van der Waals surface area contributed by atoms with Crippen molar-refractivity contribution in [1.29, 1.82) is 0 Å². The van der Waals surface area contributed by atoms with E-state index in [0.29, 0.717) is 0 Å².